The van der Waals surface area contributed by atoms with Gasteiger partial charge in [0.15, 0.2) is 0 Å². The van der Waals surface area contributed by atoms with Gasteiger partial charge >= 0.3 is 0 Å². The maximum absolute atomic E-state index is 4.24. The molecule has 0 amide bonds. The average molecular weight is 257 g/mol. The molecule has 0 radical (unpaired) electrons. The van der Waals surface area contributed by atoms with E-state index in [1.807, 2.05) is 6.92 Å². The minimum Gasteiger partial charge on any atom is -0.315 e. The van der Waals surface area contributed by atoms with E-state index in [0.717, 1.165) is 49.5 Å². The number of aromatic nitrogens is 3. The molecule has 1 rings (SSSR count). The number of nitrogens with one attached hydrogen (secondary N) is 2. The lowest BCUT2D eigenvalue weighted by Gasteiger charge is -2.17. The Hall–Kier alpha value is -0.590. The molecular weight excluding hydrogens is 234 g/mol. The van der Waals surface area contributed by atoms with Gasteiger partial charge in [0.25, 0.3) is 0 Å². The van der Waals surface area contributed by atoms with Crippen LogP contribution in [0.4, 0.5) is 0 Å². The second kappa shape index (κ2) is 8.49. The summed E-state index contributed by atoms with van der Waals surface area (Å²) in [6.07, 6.45) is 0. The molecule has 0 saturated carbocycles. The van der Waals surface area contributed by atoms with Crippen LogP contribution in [0.15, 0.2) is 5.16 Å². The van der Waals surface area contributed by atoms with Crippen molar-refractivity contribution in [3.8, 4) is 0 Å². The van der Waals surface area contributed by atoms with E-state index in [2.05, 4.69) is 39.2 Å². The van der Waals surface area contributed by atoms with E-state index in [1.165, 1.54) is 0 Å². The summed E-state index contributed by atoms with van der Waals surface area (Å²) in [5.74, 6) is 1.89. The molecule has 0 spiro atoms. The van der Waals surface area contributed by atoms with Crippen molar-refractivity contribution in [2.45, 2.75) is 25.9 Å². The molecule has 2 N–H and O–H groups in total. The standard InChI is InChI=1S/C11H23N5S/c1-4-16(5-2)8-6-12-7-9-17-11-13-10(3)14-15-11/h12H,4-9H2,1-3H3,(H,13,14,15). The van der Waals surface area contributed by atoms with Crippen LogP contribution in [0.1, 0.15) is 19.7 Å². The molecule has 0 unspecified atom stereocenters. The van der Waals surface area contributed by atoms with Crippen LogP contribution in [-0.4, -0.2) is 58.6 Å². The van der Waals surface area contributed by atoms with Crippen LogP contribution in [0.3, 0.4) is 0 Å². The SMILES string of the molecule is CCN(CC)CCNCCSc1n[nH]c(C)n1. The molecule has 1 aromatic heterocycles. The Morgan fingerprint density at radius 2 is 2.06 bits per heavy atom. The molecular formula is C11H23N5S. The fourth-order valence-corrected chi connectivity index (χ4v) is 2.24. The van der Waals surface area contributed by atoms with Crippen molar-refractivity contribution < 1.29 is 0 Å². The molecule has 1 aromatic rings. The predicted octanol–water partition coefficient (Wildman–Crippen LogP) is 1.14. The molecule has 0 aliphatic rings. The average Bonchev–Trinajstić information content (AvgIpc) is 2.74. The lowest BCUT2D eigenvalue weighted by Crippen LogP contribution is -2.32. The van der Waals surface area contributed by atoms with Crippen molar-refractivity contribution in [3.63, 3.8) is 0 Å². The van der Waals surface area contributed by atoms with E-state index in [4.69, 9.17) is 0 Å². The van der Waals surface area contributed by atoms with Crippen LogP contribution in [-0.2, 0) is 0 Å². The largest absolute Gasteiger partial charge is 0.315 e. The molecule has 17 heavy (non-hydrogen) atoms. The number of hydrogen-bond donors (Lipinski definition) is 2. The summed E-state index contributed by atoms with van der Waals surface area (Å²) in [5, 5.41) is 11.2. The van der Waals surface area contributed by atoms with Gasteiger partial charge < -0.3 is 10.2 Å². The van der Waals surface area contributed by atoms with Crippen molar-refractivity contribution in [1.82, 2.24) is 25.4 Å². The fraction of sp³-hybridized carbons (Fsp3) is 0.818. The van der Waals surface area contributed by atoms with Gasteiger partial charge in [0, 0.05) is 25.4 Å². The second-order valence-electron chi connectivity index (χ2n) is 3.83. The number of H-pyrrole nitrogens is 1. The zero-order valence-corrected chi connectivity index (χ0v) is 11.8. The molecule has 6 heteroatoms. The molecule has 0 aliphatic carbocycles. The van der Waals surface area contributed by atoms with Crippen LogP contribution in [0, 0.1) is 6.92 Å². The molecule has 98 valence electrons. The summed E-state index contributed by atoms with van der Waals surface area (Å²) in [6, 6.07) is 0. The molecule has 0 atom stereocenters. The maximum Gasteiger partial charge on any atom is 0.208 e. The van der Waals surface area contributed by atoms with E-state index in [0.29, 0.717) is 0 Å². The summed E-state index contributed by atoms with van der Waals surface area (Å²) in [5.41, 5.74) is 0. The summed E-state index contributed by atoms with van der Waals surface area (Å²) in [4.78, 5) is 6.66. The predicted molar refractivity (Wildman–Crippen MR) is 72.5 cm³/mol. The Labute approximate surface area is 108 Å². The zero-order chi connectivity index (χ0) is 12.5. The monoisotopic (exact) mass is 257 g/mol. The maximum atomic E-state index is 4.24. The van der Waals surface area contributed by atoms with Gasteiger partial charge in [0.1, 0.15) is 5.82 Å². The van der Waals surface area contributed by atoms with E-state index < -0.39 is 0 Å². The van der Waals surface area contributed by atoms with Crippen LogP contribution < -0.4 is 5.32 Å². The number of rotatable bonds is 9. The van der Waals surface area contributed by atoms with Gasteiger partial charge in [-0.2, -0.15) is 0 Å². The van der Waals surface area contributed by atoms with Gasteiger partial charge in [-0.25, -0.2) is 4.98 Å². The molecule has 0 aliphatic heterocycles. The minimum absolute atomic E-state index is 0.841. The summed E-state index contributed by atoms with van der Waals surface area (Å²) < 4.78 is 0. The molecule has 1 heterocycles. The normalized spacial score (nSPS) is 11.3. The van der Waals surface area contributed by atoms with Crippen LogP contribution in [0.25, 0.3) is 0 Å². The first-order valence-electron chi connectivity index (χ1n) is 6.21. The van der Waals surface area contributed by atoms with Crippen molar-refractivity contribution in [2.75, 3.05) is 38.5 Å². The Kier molecular flexibility index (Phi) is 7.23. The highest BCUT2D eigenvalue weighted by atomic mass is 32.2. The van der Waals surface area contributed by atoms with Gasteiger partial charge in [-0.05, 0) is 20.0 Å². The van der Waals surface area contributed by atoms with Crippen LogP contribution in [0.2, 0.25) is 0 Å². The van der Waals surface area contributed by atoms with Gasteiger partial charge in [-0.15, -0.1) is 5.10 Å². The highest BCUT2D eigenvalue weighted by molar-refractivity contribution is 7.99. The Morgan fingerprint density at radius 3 is 2.65 bits per heavy atom. The summed E-state index contributed by atoms with van der Waals surface area (Å²) in [7, 11) is 0. The smallest absolute Gasteiger partial charge is 0.208 e. The van der Waals surface area contributed by atoms with Gasteiger partial charge in [-0.1, -0.05) is 25.6 Å². The first-order valence-corrected chi connectivity index (χ1v) is 7.19. The van der Waals surface area contributed by atoms with Crippen LogP contribution >= 0.6 is 11.8 Å². The Balaban J connectivity index is 1.97. The van der Waals surface area contributed by atoms with E-state index >= 15 is 0 Å². The Bertz CT molecular complexity index is 298. The second-order valence-corrected chi connectivity index (χ2v) is 4.89. The fourth-order valence-electron chi connectivity index (χ4n) is 1.50. The number of likely N-dealkylation sites (N-methyl/N-ethyl adjacent to an activating group) is 1. The van der Waals surface area contributed by atoms with E-state index in [-0.39, 0.29) is 0 Å². The Morgan fingerprint density at radius 1 is 1.29 bits per heavy atom. The van der Waals surface area contributed by atoms with Crippen molar-refractivity contribution >= 4 is 11.8 Å². The van der Waals surface area contributed by atoms with E-state index in [9.17, 15) is 0 Å². The first-order chi connectivity index (χ1) is 8.26. The zero-order valence-electron chi connectivity index (χ0n) is 11.0. The molecule has 0 bridgehead atoms. The summed E-state index contributed by atoms with van der Waals surface area (Å²) in [6.45, 7) is 11.7. The number of aryl methyl sites for hydroxylation is 1. The lowest BCUT2D eigenvalue weighted by molar-refractivity contribution is 0.303. The highest BCUT2D eigenvalue weighted by Gasteiger charge is 2.00. The number of thioether (sulfide) groups is 1. The van der Waals surface area contributed by atoms with Crippen molar-refractivity contribution in [3.05, 3.63) is 5.82 Å². The van der Waals surface area contributed by atoms with Gasteiger partial charge in [0.05, 0.1) is 0 Å². The van der Waals surface area contributed by atoms with Gasteiger partial charge in [0.2, 0.25) is 5.16 Å². The lowest BCUT2D eigenvalue weighted by atomic mass is 10.4. The first kappa shape index (κ1) is 14.5. The van der Waals surface area contributed by atoms with E-state index in [1.54, 1.807) is 11.8 Å². The molecule has 0 saturated heterocycles. The molecule has 5 nitrogen and oxygen atoms in total. The minimum atomic E-state index is 0.841. The van der Waals surface area contributed by atoms with Crippen molar-refractivity contribution in [1.29, 1.82) is 0 Å². The number of aromatic amines is 1. The third kappa shape index (κ3) is 6.05. The highest BCUT2D eigenvalue weighted by Crippen LogP contribution is 2.10. The third-order valence-corrected chi connectivity index (χ3v) is 3.43. The quantitative estimate of drug-likeness (QED) is 0.513. The summed E-state index contributed by atoms with van der Waals surface area (Å²) >= 11 is 1.68. The topological polar surface area (TPSA) is 56.8 Å². The van der Waals surface area contributed by atoms with Crippen LogP contribution in [0.5, 0.6) is 0 Å². The van der Waals surface area contributed by atoms with Crippen molar-refractivity contribution in [2.24, 2.45) is 0 Å². The molecule has 0 aromatic carbocycles. The molecule has 0 fully saturated rings. The number of nitrogens with zero attached hydrogens (tertiary/aromatic N) is 3. The van der Waals surface area contributed by atoms with Gasteiger partial charge in [-0.3, -0.25) is 5.10 Å². The number of hydrogen-bond acceptors (Lipinski definition) is 5. The third-order valence-electron chi connectivity index (χ3n) is 2.59.